The van der Waals surface area contributed by atoms with E-state index >= 15 is 0 Å². The zero-order valence-electron chi connectivity index (χ0n) is 16.3. The van der Waals surface area contributed by atoms with E-state index in [1.807, 2.05) is 0 Å². The molecule has 11 heteroatoms. The molecule has 1 saturated heterocycles. The molecule has 3 rings (SSSR count). The summed E-state index contributed by atoms with van der Waals surface area (Å²) in [4.78, 5) is 44.1. The van der Waals surface area contributed by atoms with Gasteiger partial charge in [0.25, 0.3) is 0 Å². The average molecular weight is 415 g/mol. The number of amides is 1. The summed E-state index contributed by atoms with van der Waals surface area (Å²) < 4.78 is 10.6. The number of nitrogens with zero attached hydrogens (tertiary/aromatic N) is 4. The minimum absolute atomic E-state index is 0.110. The number of piperidine rings is 1. The van der Waals surface area contributed by atoms with Crippen LogP contribution in [-0.4, -0.2) is 46.5 Å². The second kappa shape index (κ2) is 9.16. The van der Waals surface area contributed by atoms with E-state index in [1.54, 1.807) is 17.9 Å². The van der Waals surface area contributed by atoms with E-state index in [2.05, 4.69) is 9.97 Å². The molecule has 0 radical (unpaired) electrons. The number of anilines is 1. The largest absolute Gasteiger partial charge is 0.466 e. The molecule has 1 aliphatic heterocycles. The van der Waals surface area contributed by atoms with Crippen LogP contribution in [0.15, 0.2) is 30.6 Å². The lowest BCUT2D eigenvalue weighted by molar-refractivity contribution is -0.385. The van der Waals surface area contributed by atoms with Crippen molar-refractivity contribution < 1.29 is 24.0 Å². The van der Waals surface area contributed by atoms with Crippen LogP contribution in [0.3, 0.4) is 0 Å². The fourth-order valence-electron chi connectivity index (χ4n) is 3.23. The van der Waals surface area contributed by atoms with Crippen LogP contribution in [0.4, 0.5) is 11.5 Å². The maximum Gasteiger partial charge on any atom is 0.373 e. The minimum Gasteiger partial charge on any atom is -0.466 e. The molecule has 1 fully saturated rings. The number of benzene rings is 1. The Hall–Kier alpha value is -3.76. The highest BCUT2D eigenvalue weighted by molar-refractivity contribution is 5.93. The summed E-state index contributed by atoms with van der Waals surface area (Å²) >= 11 is 0. The summed E-state index contributed by atoms with van der Waals surface area (Å²) in [6.07, 6.45) is 2.17. The molecule has 0 spiro atoms. The van der Waals surface area contributed by atoms with Crippen LogP contribution in [0, 0.1) is 16.0 Å². The number of rotatable bonds is 7. The van der Waals surface area contributed by atoms with Crippen molar-refractivity contribution in [2.24, 2.45) is 11.7 Å². The van der Waals surface area contributed by atoms with Crippen LogP contribution >= 0.6 is 0 Å². The van der Waals surface area contributed by atoms with Crippen molar-refractivity contribution in [3.63, 3.8) is 0 Å². The first-order chi connectivity index (χ1) is 14.4. The molecule has 0 atom stereocenters. The molecule has 158 valence electrons. The van der Waals surface area contributed by atoms with E-state index in [1.165, 1.54) is 24.5 Å². The molecule has 2 heterocycles. The molecule has 0 saturated carbocycles. The molecular formula is C19H21N5O6. The third-order valence-electron chi connectivity index (χ3n) is 4.70. The predicted octanol–water partition coefficient (Wildman–Crippen LogP) is 2.06. The molecule has 2 aromatic rings. The number of hydrogen-bond acceptors (Lipinski definition) is 9. The highest BCUT2D eigenvalue weighted by Gasteiger charge is 2.33. The Morgan fingerprint density at radius 3 is 2.67 bits per heavy atom. The van der Waals surface area contributed by atoms with Crippen LogP contribution in [0.2, 0.25) is 0 Å². The Morgan fingerprint density at radius 1 is 1.30 bits per heavy atom. The van der Waals surface area contributed by atoms with Gasteiger partial charge in [-0.05, 0) is 38.0 Å². The number of ether oxygens (including phenoxy) is 2. The highest BCUT2D eigenvalue weighted by atomic mass is 16.6. The van der Waals surface area contributed by atoms with Gasteiger partial charge in [0.05, 0.1) is 17.4 Å². The van der Waals surface area contributed by atoms with Gasteiger partial charge >= 0.3 is 17.5 Å². The van der Waals surface area contributed by atoms with Gasteiger partial charge in [-0.1, -0.05) is 6.07 Å². The summed E-state index contributed by atoms with van der Waals surface area (Å²) in [7, 11) is 0. The molecule has 11 nitrogen and oxygen atoms in total. The van der Waals surface area contributed by atoms with Crippen molar-refractivity contribution >= 4 is 23.4 Å². The molecule has 1 aliphatic rings. The normalized spacial score (nSPS) is 14.2. The van der Waals surface area contributed by atoms with Crippen LogP contribution in [0.25, 0.3) is 0 Å². The number of esters is 1. The lowest BCUT2D eigenvalue weighted by atomic mass is 9.97. The number of nitro groups is 1. The lowest BCUT2D eigenvalue weighted by Gasteiger charge is -2.31. The lowest BCUT2D eigenvalue weighted by Crippen LogP contribution is -2.37. The van der Waals surface area contributed by atoms with Gasteiger partial charge in [-0.2, -0.15) is 4.98 Å². The van der Waals surface area contributed by atoms with Crippen molar-refractivity contribution in [3.8, 4) is 11.6 Å². The van der Waals surface area contributed by atoms with Gasteiger partial charge in [0.15, 0.2) is 0 Å². The summed E-state index contributed by atoms with van der Waals surface area (Å²) in [5.74, 6) is -1.11. The molecule has 0 bridgehead atoms. The Kier molecular flexibility index (Phi) is 6.40. The van der Waals surface area contributed by atoms with Crippen molar-refractivity contribution in [2.75, 3.05) is 24.6 Å². The Balaban J connectivity index is 1.84. The van der Waals surface area contributed by atoms with Crippen LogP contribution in [0.5, 0.6) is 11.6 Å². The zero-order valence-corrected chi connectivity index (χ0v) is 16.3. The maximum atomic E-state index is 11.9. The standard InChI is InChI=1S/C19H21N5O6/c1-2-29-19(26)12-6-8-23(9-7-12)17-15(24(27)28)18(22-11-21-17)30-14-5-3-4-13(10-14)16(20)25/h3-5,10-12H,2,6-9H2,1H3,(H2,20,25). The number of primary amides is 1. The number of aromatic nitrogens is 2. The minimum atomic E-state index is -0.650. The van der Waals surface area contributed by atoms with E-state index < -0.39 is 16.5 Å². The van der Waals surface area contributed by atoms with Crippen molar-refractivity contribution in [1.82, 2.24) is 9.97 Å². The second-order valence-electron chi connectivity index (χ2n) is 6.62. The molecule has 1 aromatic heterocycles. The molecule has 2 N–H and O–H groups in total. The van der Waals surface area contributed by atoms with E-state index in [0.717, 1.165) is 0 Å². The Morgan fingerprint density at radius 2 is 2.03 bits per heavy atom. The van der Waals surface area contributed by atoms with Gasteiger partial charge in [0, 0.05) is 18.7 Å². The van der Waals surface area contributed by atoms with E-state index in [4.69, 9.17) is 15.2 Å². The Labute approximate surface area is 172 Å². The summed E-state index contributed by atoms with van der Waals surface area (Å²) in [6, 6.07) is 5.95. The van der Waals surface area contributed by atoms with Crippen molar-refractivity contribution in [3.05, 3.63) is 46.3 Å². The van der Waals surface area contributed by atoms with Gasteiger partial charge in [-0.3, -0.25) is 19.7 Å². The second-order valence-corrected chi connectivity index (χ2v) is 6.62. The van der Waals surface area contributed by atoms with Gasteiger partial charge in [-0.25, -0.2) is 4.98 Å². The topological polar surface area (TPSA) is 151 Å². The first-order valence-electron chi connectivity index (χ1n) is 9.39. The van der Waals surface area contributed by atoms with Crippen LogP contribution in [0.1, 0.15) is 30.1 Å². The summed E-state index contributed by atoms with van der Waals surface area (Å²) in [6.45, 7) is 2.86. The molecule has 0 aliphatic carbocycles. The number of hydrogen-bond donors (Lipinski definition) is 1. The maximum absolute atomic E-state index is 11.9. The fraction of sp³-hybridized carbons (Fsp3) is 0.368. The van der Waals surface area contributed by atoms with Crippen molar-refractivity contribution in [2.45, 2.75) is 19.8 Å². The van der Waals surface area contributed by atoms with Crippen LogP contribution < -0.4 is 15.4 Å². The third-order valence-corrected chi connectivity index (χ3v) is 4.70. The summed E-state index contributed by atoms with van der Waals surface area (Å²) in [5.41, 5.74) is 5.07. The predicted molar refractivity (Wildman–Crippen MR) is 105 cm³/mol. The van der Waals surface area contributed by atoms with Gasteiger partial charge < -0.3 is 20.1 Å². The number of nitrogens with two attached hydrogens (primary N) is 1. The van der Waals surface area contributed by atoms with E-state index in [9.17, 15) is 19.7 Å². The average Bonchev–Trinajstić information content (AvgIpc) is 2.74. The molecule has 0 unspecified atom stereocenters. The first-order valence-corrected chi connectivity index (χ1v) is 9.39. The quantitative estimate of drug-likeness (QED) is 0.407. The third kappa shape index (κ3) is 4.62. The monoisotopic (exact) mass is 415 g/mol. The van der Waals surface area contributed by atoms with Gasteiger partial charge in [0.1, 0.15) is 12.1 Å². The smallest absolute Gasteiger partial charge is 0.373 e. The van der Waals surface area contributed by atoms with E-state index in [-0.39, 0.29) is 34.9 Å². The highest BCUT2D eigenvalue weighted by Crippen LogP contribution is 2.37. The SMILES string of the molecule is CCOC(=O)C1CCN(c2ncnc(Oc3cccc(C(N)=O)c3)c2[N+](=O)[O-])CC1. The van der Waals surface area contributed by atoms with Gasteiger partial charge in [-0.15, -0.1) is 0 Å². The summed E-state index contributed by atoms with van der Waals surface area (Å²) in [5, 5.41) is 11.8. The molecule has 30 heavy (non-hydrogen) atoms. The fourth-order valence-corrected chi connectivity index (χ4v) is 3.23. The van der Waals surface area contributed by atoms with Crippen LogP contribution in [-0.2, 0) is 9.53 Å². The molecule has 1 amide bonds. The van der Waals surface area contributed by atoms with Gasteiger partial charge in [0.2, 0.25) is 11.7 Å². The molecular weight excluding hydrogens is 394 g/mol. The van der Waals surface area contributed by atoms with E-state index in [0.29, 0.717) is 32.5 Å². The Bertz CT molecular complexity index is 958. The molecule has 1 aromatic carbocycles. The number of carbonyl (C=O) groups is 2. The first kappa shape index (κ1) is 21.0. The zero-order chi connectivity index (χ0) is 21.7. The number of carbonyl (C=O) groups excluding carboxylic acids is 2. The van der Waals surface area contributed by atoms with Crippen molar-refractivity contribution in [1.29, 1.82) is 0 Å².